The normalized spacial score (nSPS) is 15.7. The highest BCUT2D eigenvalue weighted by Crippen LogP contribution is 2.24. The summed E-state index contributed by atoms with van der Waals surface area (Å²) >= 11 is 0. The summed E-state index contributed by atoms with van der Waals surface area (Å²) in [5.74, 6) is 0. The maximum atomic E-state index is 2.55. The van der Waals surface area contributed by atoms with Gasteiger partial charge in [0, 0.05) is 17.9 Å². The number of aryl methyl sites for hydroxylation is 2. The first-order valence-corrected chi connectivity index (χ1v) is 9.51. The van der Waals surface area contributed by atoms with E-state index >= 15 is 0 Å². The minimum Gasteiger partial charge on any atom is -0.341 e. The molecule has 1 saturated heterocycles. The third-order valence-electron chi connectivity index (χ3n) is 4.90. The Bertz CT molecular complexity index is 659. The molecule has 3 rings (SSSR count). The van der Waals surface area contributed by atoms with Crippen molar-refractivity contribution in [1.82, 2.24) is 9.80 Å². The quantitative estimate of drug-likeness (QED) is 0.785. The first kappa shape index (κ1) is 18.7. The fraction of sp³-hybridized carbons (Fsp3) is 0.455. The highest BCUT2D eigenvalue weighted by atomic mass is 15.5. The van der Waals surface area contributed by atoms with Crippen LogP contribution in [0, 0.1) is 13.8 Å². The molecule has 0 bridgehead atoms. The summed E-state index contributed by atoms with van der Waals surface area (Å²) in [5.41, 5.74) is 5.24. The molecule has 4 nitrogen and oxygen atoms in total. The van der Waals surface area contributed by atoms with Gasteiger partial charge in [-0.05, 0) is 76.3 Å². The molecule has 0 spiro atoms. The monoisotopic (exact) mass is 352 g/mol. The fourth-order valence-electron chi connectivity index (χ4n) is 3.55. The van der Waals surface area contributed by atoms with Gasteiger partial charge in [0.15, 0.2) is 0 Å². The smallest absolute Gasteiger partial charge is 0.0928 e. The number of anilines is 2. The van der Waals surface area contributed by atoms with E-state index in [2.05, 4.69) is 96.1 Å². The summed E-state index contributed by atoms with van der Waals surface area (Å²) in [6.07, 6.45) is 1.19. The van der Waals surface area contributed by atoms with Gasteiger partial charge in [-0.2, -0.15) is 0 Å². The number of hydrogen-bond acceptors (Lipinski definition) is 4. The Morgan fingerprint density at radius 3 is 1.81 bits per heavy atom. The Labute approximate surface area is 158 Å². The predicted molar refractivity (Wildman–Crippen MR) is 112 cm³/mol. The summed E-state index contributed by atoms with van der Waals surface area (Å²) in [5, 5.41) is 0. The lowest BCUT2D eigenvalue weighted by molar-refractivity contribution is 0.228. The van der Waals surface area contributed by atoms with Crippen molar-refractivity contribution in [1.29, 1.82) is 0 Å². The van der Waals surface area contributed by atoms with Crippen molar-refractivity contribution in [2.75, 3.05) is 57.0 Å². The average Bonchev–Trinajstić information content (AvgIpc) is 2.61. The molecule has 0 radical (unpaired) electrons. The van der Waals surface area contributed by atoms with Crippen molar-refractivity contribution in [3.8, 4) is 0 Å². The SMILES string of the molecule is Cc1cccc(N2CN(CCCN(C)C)CN(c3cccc(C)c3)C2)c1. The van der Waals surface area contributed by atoms with Crippen LogP contribution in [0.3, 0.4) is 0 Å². The second kappa shape index (κ2) is 8.56. The molecular formula is C22H32N4. The van der Waals surface area contributed by atoms with Gasteiger partial charge in [0.05, 0.1) is 20.0 Å². The van der Waals surface area contributed by atoms with Crippen molar-refractivity contribution in [2.45, 2.75) is 20.3 Å². The standard InChI is InChI=1S/C22H32N4/c1-19-8-5-10-21(14-19)25-16-24(13-7-12-23(3)4)17-26(18-25)22-11-6-9-20(2)15-22/h5-6,8-11,14-15H,7,12-13,16-18H2,1-4H3. The van der Waals surface area contributed by atoms with Crippen molar-refractivity contribution in [2.24, 2.45) is 0 Å². The van der Waals surface area contributed by atoms with Crippen LogP contribution in [0.1, 0.15) is 17.5 Å². The Balaban J connectivity index is 1.78. The van der Waals surface area contributed by atoms with Gasteiger partial charge in [-0.25, -0.2) is 0 Å². The molecule has 1 heterocycles. The van der Waals surface area contributed by atoms with E-state index in [1.54, 1.807) is 0 Å². The van der Waals surface area contributed by atoms with Crippen LogP contribution in [0.2, 0.25) is 0 Å². The second-order valence-electron chi connectivity index (χ2n) is 7.73. The molecule has 2 aromatic rings. The lowest BCUT2D eigenvalue weighted by Gasteiger charge is -2.44. The van der Waals surface area contributed by atoms with Crippen molar-refractivity contribution < 1.29 is 0 Å². The lowest BCUT2D eigenvalue weighted by atomic mass is 10.2. The first-order chi connectivity index (χ1) is 12.5. The largest absolute Gasteiger partial charge is 0.341 e. The van der Waals surface area contributed by atoms with Gasteiger partial charge < -0.3 is 14.7 Å². The van der Waals surface area contributed by atoms with Crippen LogP contribution in [-0.4, -0.2) is 57.0 Å². The van der Waals surface area contributed by atoms with Crippen molar-refractivity contribution in [3.05, 3.63) is 59.7 Å². The molecule has 0 atom stereocenters. The maximum absolute atomic E-state index is 2.55. The molecule has 0 aromatic heterocycles. The second-order valence-corrected chi connectivity index (χ2v) is 7.73. The topological polar surface area (TPSA) is 13.0 Å². The van der Waals surface area contributed by atoms with E-state index in [-0.39, 0.29) is 0 Å². The zero-order valence-corrected chi connectivity index (χ0v) is 16.7. The van der Waals surface area contributed by atoms with E-state index < -0.39 is 0 Å². The molecule has 0 unspecified atom stereocenters. The molecule has 2 aromatic carbocycles. The van der Waals surface area contributed by atoms with Gasteiger partial charge in [-0.15, -0.1) is 0 Å². The number of rotatable bonds is 6. The molecule has 0 aliphatic carbocycles. The van der Waals surface area contributed by atoms with Crippen LogP contribution >= 0.6 is 0 Å². The van der Waals surface area contributed by atoms with Gasteiger partial charge in [-0.3, -0.25) is 4.90 Å². The molecule has 4 heteroatoms. The molecule has 0 saturated carbocycles. The average molecular weight is 353 g/mol. The van der Waals surface area contributed by atoms with E-state index in [0.29, 0.717) is 0 Å². The van der Waals surface area contributed by atoms with Gasteiger partial charge in [0.2, 0.25) is 0 Å². The van der Waals surface area contributed by atoms with E-state index in [1.807, 2.05) is 0 Å². The van der Waals surface area contributed by atoms with Crippen molar-refractivity contribution in [3.63, 3.8) is 0 Å². The molecule has 1 fully saturated rings. The lowest BCUT2D eigenvalue weighted by Crippen LogP contribution is -2.55. The predicted octanol–water partition coefficient (Wildman–Crippen LogP) is 3.76. The Kier molecular flexibility index (Phi) is 6.17. The van der Waals surface area contributed by atoms with E-state index in [1.165, 1.54) is 28.9 Å². The van der Waals surface area contributed by atoms with Crippen LogP contribution in [0.5, 0.6) is 0 Å². The molecule has 1 aliphatic rings. The van der Waals surface area contributed by atoms with E-state index in [9.17, 15) is 0 Å². The Morgan fingerprint density at radius 2 is 1.35 bits per heavy atom. The van der Waals surface area contributed by atoms with Gasteiger partial charge in [0.25, 0.3) is 0 Å². The summed E-state index contributed by atoms with van der Waals surface area (Å²) < 4.78 is 0. The molecule has 0 N–H and O–H groups in total. The highest BCUT2D eigenvalue weighted by molar-refractivity contribution is 5.54. The van der Waals surface area contributed by atoms with Gasteiger partial charge >= 0.3 is 0 Å². The Hall–Kier alpha value is -2.04. The van der Waals surface area contributed by atoms with Crippen LogP contribution < -0.4 is 9.80 Å². The summed E-state index contributed by atoms with van der Waals surface area (Å²) in [7, 11) is 4.29. The summed E-state index contributed by atoms with van der Waals surface area (Å²) in [6, 6.07) is 17.7. The summed E-state index contributed by atoms with van der Waals surface area (Å²) in [4.78, 5) is 9.78. The number of benzene rings is 2. The van der Waals surface area contributed by atoms with E-state index in [4.69, 9.17) is 0 Å². The third-order valence-corrected chi connectivity index (χ3v) is 4.90. The minimum atomic E-state index is 0.928. The zero-order chi connectivity index (χ0) is 18.5. The molecular weight excluding hydrogens is 320 g/mol. The minimum absolute atomic E-state index is 0.928. The number of hydrogen-bond donors (Lipinski definition) is 0. The third kappa shape index (κ3) is 4.99. The highest BCUT2D eigenvalue weighted by Gasteiger charge is 2.23. The van der Waals surface area contributed by atoms with Crippen LogP contribution in [0.15, 0.2) is 48.5 Å². The van der Waals surface area contributed by atoms with E-state index in [0.717, 1.165) is 33.1 Å². The molecule has 26 heavy (non-hydrogen) atoms. The molecule has 1 aliphatic heterocycles. The molecule has 140 valence electrons. The first-order valence-electron chi connectivity index (χ1n) is 9.51. The van der Waals surface area contributed by atoms with Gasteiger partial charge in [0.1, 0.15) is 0 Å². The molecule has 0 amide bonds. The number of nitrogens with zero attached hydrogens (tertiary/aromatic N) is 4. The van der Waals surface area contributed by atoms with Crippen molar-refractivity contribution >= 4 is 11.4 Å². The van der Waals surface area contributed by atoms with Gasteiger partial charge in [-0.1, -0.05) is 24.3 Å². The zero-order valence-electron chi connectivity index (χ0n) is 16.7. The van der Waals surface area contributed by atoms with Crippen LogP contribution in [0.4, 0.5) is 11.4 Å². The maximum Gasteiger partial charge on any atom is 0.0928 e. The fourth-order valence-corrected chi connectivity index (χ4v) is 3.55. The van der Waals surface area contributed by atoms with Crippen LogP contribution in [-0.2, 0) is 0 Å². The summed E-state index contributed by atoms with van der Waals surface area (Å²) in [6.45, 7) is 9.48. The Morgan fingerprint density at radius 1 is 0.808 bits per heavy atom. The van der Waals surface area contributed by atoms with Crippen LogP contribution in [0.25, 0.3) is 0 Å².